The van der Waals surface area contributed by atoms with Crippen LogP contribution in [0.25, 0.3) is 6.08 Å². The lowest BCUT2D eigenvalue weighted by atomic mass is 10.1. The lowest BCUT2D eigenvalue weighted by Crippen LogP contribution is -2.47. The molecule has 8 nitrogen and oxygen atoms in total. The van der Waals surface area contributed by atoms with Crippen LogP contribution >= 0.6 is 23.2 Å². The molecule has 1 saturated heterocycles. The molecule has 1 aliphatic heterocycles. The van der Waals surface area contributed by atoms with E-state index in [9.17, 15) is 9.18 Å². The largest absolute Gasteiger partial charge is 0.491 e. The Labute approximate surface area is 325 Å². The molecule has 0 N–H and O–H groups in total. The normalized spacial score (nSPS) is 13.4. The number of aryl methyl sites for hydroxylation is 1. The van der Waals surface area contributed by atoms with Crippen molar-refractivity contribution >= 4 is 35.2 Å². The summed E-state index contributed by atoms with van der Waals surface area (Å²) in [4.78, 5) is 21.6. The van der Waals surface area contributed by atoms with E-state index in [1.165, 1.54) is 17.8 Å². The Bertz CT molecular complexity index is 2030. The van der Waals surface area contributed by atoms with Crippen LogP contribution in [0, 0.1) is 12.7 Å². The maximum atomic E-state index is 14.2. The van der Waals surface area contributed by atoms with Crippen molar-refractivity contribution in [2.75, 3.05) is 26.2 Å². The van der Waals surface area contributed by atoms with Gasteiger partial charge in [0, 0.05) is 50.4 Å². The standard InChI is InChI=1S/C43H42Cl2FN3O5/c1-29(2)53-36-14-12-35(13-15-36)51-27-32-9-7-31(8-10-32)26-48-19-21-49(22-20-48)41(50)18-11-33-23-30(3)43(39(45)24-33)54-40-17-16-37(25-47-40)52-28-34-5-4-6-38(44)42(34)46/h4-18,23-25,29H,19-22,26-28H2,1-3H3/b18-11+. The molecule has 1 aromatic heterocycles. The maximum absolute atomic E-state index is 14.2. The smallest absolute Gasteiger partial charge is 0.246 e. The van der Waals surface area contributed by atoms with E-state index in [0.717, 1.165) is 47.8 Å². The number of hydrogen-bond acceptors (Lipinski definition) is 7. The molecule has 0 spiro atoms. The molecule has 4 aromatic carbocycles. The van der Waals surface area contributed by atoms with Gasteiger partial charge < -0.3 is 23.8 Å². The summed E-state index contributed by atoms with van der Waals surface area (Å²) in [6.07, 6.45) is 4.98. The first-order valence-corrected chi connectivity index (χ1v) is 18.5. The zero-order chi connectivity index (χ0) is 38.0. The van der Waals surface area contributed by atoms with Gasteiger partial charge in [0.2, 0.25) is 11.8 Å². The van der Waals surface area contributed by atoms with Crippen molar-refractivity contribution in [1.82, 2.24) is 14.8 Å². The Morgan fingerprint density at radius 3 is 2.20 bits per heavy atom. The van der Waals surface area contributed by atoms with E-state index < -0.39 is 5.82 Å². The fraction of sp³-hybridized carbons (Fsp3) is 0.256. The van der Waals surface area contributed by atoms with Gasteiger partial charge in [-0.3, -0.25) is 9.69 Å². The Morgan fingerprint density at radius 1 is 0.833 bits per heavy atom. The number of halogens is 3. The molecule has 1 aliphatic rings. The first-order valence-electron chi connectivity index (χ1n) is 17.8. The molecule has 1 amide bonds. The molecule has 0 unspecified atom stereocenters. The monoisotopic (exact) mass is 769 g/mol. The Morgan fingerprint density at radius 2 is 1.52 bits per heavy atom. The van der Waals surface area contributed by atoms with Crippen molar-refractivity contribution in [3.8, 4) is 28.9 Å². The average Bonchev–Trinajstić information content (AvgIpc) is 3.17. The van der Waals surface area contributed by atoms with Crippen LogP contribution in [0.1, 0.15) is 41.7 Å². The summed E-state index contributed by atoms with van der Waals surface area (Å²) in [7, 11) is 0. The first kappa shape index (κ1) is 38.6. The molecule has 280 valence electrons. The average molecular weight is 771 g/mol. The molecule has 54 heavy (non-hydrogen) atoms. The van der Waals surface area contributed by atoms with Gasteiger partial charge in [0.1, 0.15) is 36.3 Å². The summed E-state index contributed by atoms with van der Waals surface area (Å²) in [6, 6.07) is 27.9. The molecular weight excluding hydrogens is 728 g/mol. The molecule has 0 radical (unpaired) electrons. The van der Waals surface area contributed by atoms with Gasteiger partial charge in [0.05, 0.1) is 22.3 Å². The second kappa shape index (κ2) is 18.3. The second-order valence-electron chi connectivity index (χ2n) is 13.3. The van der Waals surface area contributed by atoms with Gasteiger partial charge in [-0.2, -0.15) is 0 Å². The van der Waals surface area contributed by atoms with Gasteiger partial charge >= 0.3 is 0 Å². The summed E-state index contributed by atoms with van der Waals surface area (Å²) in [6.45, 7) is 10.1. The van der Waals surface area contributed by atoms with Crippen molar-refractivity contribution in [2.45, 2.75) is 46.6 Å². The molecule has 0 aliphatic carbocycles. The lowest BCUT2D eigenvalue weighted by molar-refractivity contribution is -0.127. The third kappa shape index (κ3) is 10.7. The van der Waals surface area contributed by atoms with Crippen LogP contribution < -0.4 is 18.9 Å². The topological polar surface area (TPSA) is 73.4 Å². The van der Waals surface area contributed by atoms with E-state index in [0.29, 0.717) is 47.7 Å². The van der Waals surface area contributed by atoms with Gasteiger partial charge in [-0.25, -0.2) is 9.37 Å². The highest BCUT2D eigenvalue weighted by molar-refractivity contribution is 6.32. The van der Waals surface area contributed by atoms with E-state index >= 15 is 0 Å². The zero-order valence-corrected chi connectivity index (χ0v) is 31.9. The van der Waals surface area contributed by atoms with Gasteiger partial charge in [0.15, 0.2) is 5.75 Å². The maximum Gasteiger partial charge on any atom is 0.246 e. The number of carbonyl (C=O) groups is 1. The summed E-state index contributed by atoms with van der Waals surface area (Å²) < 4.78 is 37.4. The molecule has 1 fully saturated rings. The quantitative estimate of drug-likeness (QED) is 0.104. The number of nitrogens with zero attached hydrogens (tertiary/aromatic N) is 3. The molecule has 6 rings (SSSR count). The predicted molar refractivity (Wildman–Crippen MR) is 210 cm³/mol. The summed E-state index contributed by atoms with van der Waals surface area (Å²) in [5.41, 5.74) is 4.23. The van der Waals surface area contributed by atoms with E-state index in [2.05, 4.69) is 34.1 Å². The Hall–Kier alpha value is -5.09. The van der Waals surface area contributed by atoms with Crippen LogP contribution in [-0.2, 0) is 24.6 Å². The SMILES string of the molecule is Cc1cc(/C=C/C(=O)N2CCN(Cc3ccc(COc4ccc(OC(C)C)cc4)cc3)CC2)cc(Cl)c1Oc1ccc(OCc2cccc(Cl)c2F)cn1. The molecule has 0 bridgehead atoms. The predicted octanol–water partition coefficient (Wildman–Crippen LogP) is 9.93. The van der Waals surface area contributed by atoms with Crippen molar-refractivity contribution < 1.29 is 28.1 Å². The fourth-order valence-electron chi connectivity index (χ4n) is 5.87. The molecule has 5 aromatic rings. The molecular formula is C43H42Cl2FN3O5. The lowest BCUT2D eigenvalue weighted by Gasteiger charge is -2.34. The second-order valence-corrected chi connectivity index (χ2v) is 14.1. The number of aromatic nitrogens is 1. The van der Waals surface area contributed by atoms with Crippen LogP contribution in [0.3, 0.4) is 0 Å². The summed E-state index contributed by atoms with van der Waals surface area (Å²) in [5, 5.41) is 0.429. The minimum absolute atomic E-state index is 0.00635. The van der Waals surface area contributed by atoms with Gasteiger partial charge in [0.25, 0.3) is 0 Å². The number of ether oxygens (including phenoxy) is 4. The number of piperazine rings is 1. The van der Waals surface area contributed by atoms with Crippen LogP contribution in [0.2, 0.25) is 10.0 Å². The van der Waals surface area contributed by atoms with Crippen LogP contribution in [-0.4, -0.2) is 53.0 Å². The van der Waals surface area contributed by atoms with Crippen molar-refractivity contribution in [1.29, 1.82) is 0 Å². The zero-order valence-electron chi connectivity index (χ0n) is 30.4. The Kier molecular flexibility index (Phi) is 13.1. The number of rotatable bonds is 14. The van der Waals surface area contributed by atoms with Crippen LogP contribution in [0.5, 0.6) is 28.9 Å². The van der Waals surface area contributed by atoms with E-state index in [-0.39, 0.29) is 23.6 Å². The van der Waals surface area contributed by atoms with Gasteiger partial charge in [-0.15, -0.1) is 0 Å². The molecule has 2 heterocycles. The highest BCUT2D eigenvalue weighted by Crippen LogP contribution is 2.34. The van der Waals surface area contributed by atoms with E-state index in [1.54, 1.807) is 42.5 Å². The fourth-order valence-corrected chi connectivity index (χ4v) is 6.38. The van der Waals surface area contributed by atoms with Crippen LogP contribution in [0.15, 0.2) is 103 Å². The third-order valence-electron chi connectivity index (χ3n) is 8.73. The summed E-state index contributed by atoms with van der Waals surface area (Å²) >= 11 is 12.5. The molecule has 11 heteroatoms. The minimum Gasteiger partial charge on any atom is -0.491 e. The molecule has 0 atom stereocenters. The van der Waals surface area contributed by atoms with Gasteiger partial charge in [-0.1, -0.05) is 59.6 Å². The third-order valence-corrected chi connectivity index (χ3v) is 9.30. The summed E-state index contributed by atoms with van der Waals surface area (Å²) in [5.74, 6) is 2.30. The van der Waals surface area contributed by atoms with Crippen LogP contribution in [0.4, 0.5) is 4.39 Å². The van der Waals surface area contributed by atoms with Crippen molar-refractivity contribution in [2.24, 2.45) is 0 Å². The number of pyridine rings is 1. The first-order chi connectivity index (χ1) is 26.1. The number of carbonyl (C=O) groups excluding carboxylic acids is 1. The van der Waals surface area contributed by atoms with Gasteiger partial charge in [-0.05, 0) is 97.6 Å². The Balaban J connectivity index is 0.935. The number of hydrogen-bond donors (Lipinski definition) is 0. The molecule has 0 saturated carbocycles. The highest BCUT2D eigenvalue weighted by Gasteiger charge is 2.20. The minimum atomic E-state index is -0.508. The van der Waals surface area contributed by atoms with E-state index in [1.807, 2.05) is 56.0 Å². The van der Waals surface area contributed by atoms with E-state index in [4.69, 9.17) is 42.1 Å². The van der Waals surface area contributed by atoms with Crippen molar-refractivity contribution in [3.05, 3.63) is 147 Å². The number of amides is 1. The van der Waals surface area contributed by atoms with Crippen molar-refractivity contribution in [3.63, 3.8) is 0 Å². The highest BCUT2D eigenvalue weighted by atomic mass is 35.5. The number of benzene rings is 4.